The summed E-state index contributed by atoms with van der Waals surface area (Å²) in [5.74, 6) is -0.271. The van der Waals surface area contributed by atoms with Crippen molar-refractivity contribution in [2.24, 2.45) is 0 Å². The lowest BCUT2D eigenvalue weighted by Crippen LogP contribution is -2.14. The Kier molecular flexibility index (Phi) is 4.73. The molecule has 0 fully saturated rings. The topological polar surface area (TPSA) is 69.9 Å². The quantitative estimate of drug-likeness (QED) is 0.520. The summed E-state index contributed by atoms with van der Waals surface area (Å²) >= 11 is 0. The molecule has 0 radical (unpaired) electrons. The van der Waals surface area contributed by atoms with Crippen LogP contribution in [-0.2, 0) is 11.3 Å². The molecule has 0 amide bonds. The van der Waals surface area contributed by atoms with Gasteiger partial charge in [0.2, 0.25) is 0 Å². The number of carbonyl (C=O) groups excluding carboxylic acids is 1. The lowest BCUT2D eigenvalue weighted by atomic mass is 10.2. The van der Waals surface area contributed by atoms with Gasteiger partial charge in [-0.05, 0) is 23.8 Å². The van der Waals surface area contributed by atoms with E-state index >= 15 is 0 Å². The Morgan fingerprint density at radius 1 is 1.40 bits per heavy atom. The van der Waals surface area contributed by atoms with Crippen LogP contribution in [0.3, 0.4) is 0 Å². The second-order valence-corrected chi connectivity index (χ2v) is 3.15. The molecular weight excluding hydrogens is 196 g/mol. The zero-order chi connectivity index (χ0) is 11.1. The highest BCUT2D eigenvalue weighted by Crippen LogP contribution is 2.01. The Balaban J connectivity index is 2.56. The van der Waals surface area contributed by atoms with E-state index in [1.165, 1.54) is 4.68 Å². The molecule has 1 aromatic heterocycles. The fourth-order valence-electron chi connectivity index (χ4n) is 1.21. The number of aryl methyl sites for hydroxylation is 1. The third-order valence-electron chi connectivity index (χ3n) is 1.96. The molecule has 6 heteroatoms. The first kappa shape index (κ1) is 11.6. The first-order valence-corrected chi connectivity index (χ1v) is 5.22. The molecule has 84 valence electrons. The Hall–Kier alpha value is -1.46. The molecule has 0 saturated heterocycles. The number of carbonyl (C=O) groups is 1. The fraction of sp³-hybridized carbons (Fsp3) is 0.778. The highest BCUT2D eigenvalue weighted by atomic mass is 16.5. The lowest BCUT2D eigenvalue weighted by molar-refractivity contribution is 0.0504. The van der Waals surface area contributed by atoms with Gasteiger partial charge in [-0.2, -0.15) is 0 Å². The van der Waals surface area contributed by atoms with Crippen LogP contribution in [0.15, 0.2) is 0 Å². The van der Waals surface area contributed by atoms with Crippen LogP contribution >= 0.6 is 0 Å². The fourth-order valence-corrected chi connectivity index (χ4v) is 1.21. The van der Waals surface area contributed by atoms with Crippen LogP contribution in [-0.4, -0.2) is 32.8 Å². The maximum atomic E-state index is 11.4. The number of unbranched alkanes of at least 4 members (excludes halogenated alkanes) is 2. The predicted octanol–water partition coefficient (Wildman–Crippen LogP) is 1.04. The van der Waals surface area contributed by atoms with Gasteiger partial charge in [0.15, 0.2) is 0 Å². The summed E-state index contributed by atoms with van der Waals surface area (Å²) < 4.78 is 6.32. The molecule has 0 atom stereocenters. The summed E-state index contributed by atoms with van der Waals surface area (Å²) in [7, 11) is 0. The molecule has 0 aromatic carbocycles. The zero-order valence-corrected chi connectivity index (χ0v) is 9.14. The van der Waals surface area contributed by atoms with Crippen LogP contribution < -0.4 is 0 Å². The number of esters is 1. The summed E-state index contributed by atoms with van der Waals surface area (Å²) in [5, 5.41) is 10.9. The standard InChI is InChI=1S/C9H16N4O2/c1-3-5-6-7-13-8(10-11-12-13)9(14)15-4-2/h3-7H2,1-2H3. The Morgan fingerprint density at radius 2 is 2.20 bits per heavy atom. The van der Waals surface area contributed by atoms with Crippen molar-refractivity contribution in [1.29, 1.82) is 0 Å². The van der Waals surface area contributed by atoms with Crippen molar-refractivity contribution in [3.8, 4) is 0 Å². The Bertz CT molecular complexity index is 311. The molecule has 1 rings (SSSR count). The number of nitrogens with zero attached hydrogens (tertiary/aromatic N) is 4. The largest absolute Gasteiger partial charge is 0.460 e. The molecule has 0 aliphatic carbocycles. The SMILES string of the molecule is CCCCCn1nnnc1C(=O)OCC. The van der Waals surface area contributed by atoms with Crippen molar-refractivity contribution in [2.45, 2.75) is 39.7 Å². The summed E-state index contributed by atoms with van der Waals surface area (Å²) in [6.45, 7) is 4.87. The first-order valence-electron chi connectivity index (χ1n) is 5.22. The average molecular weight is 212 g/mol. The summed E-state index contributed by atoms with van der Waals surface area (Å²) in [6, 6.07) is 0. The number of aromatic nitrogens is 4. The van der Waals surface area contributed by atoms with Gasteiger partial charge in [0.25, 0.3) is 5.82 Å². The van der Waals surface area contributed by atoms with Gasteiger partial charge in [-0.1, -0.05) is 19.8 Å². The minimum Gasteiger partial charge on any atom is -0.460 e. The molecule has 0 N–H and O–H groups in total. The molecule has 6 nitrogen and oxygen atoms in total. The van der Waals surface area contributed by atoms with E-state index in [1.807, 2.05) is 0 Å². The molecule has 1 heterocycles. The van der Waals surface area contributed by atoms with Crippen molar-refractivity contribution in [3.05, 3.63) is 5.82 Å². The van der Waals surface area contributed by atoms with Crippen LogP contribution in [0.25, 0.3) is 0 Å². The van der Waals surface area contributed by atoms with Crippen LogP contribution in [0.5, 0.6) is 0 Å². The minimum absolute atomic E-state index is 0.188. The summed E-state index contributed by atoms with van der Waals surface area (Å²) in [5.41, 5.74) is 0. The molecule has 0 bridgehead atoms. The van der Waals surface area contributed by atoms with Crippen molar-refractivity contribution in [2.75, 3.05) is 6.61 Å². The second-order valence-electron chi connectivity index (χ2n) is 3.15. The van der Waals surface area contributed by atoms with Crippen LogP contribution in [0.2, 0.25) is 0 Å². The molecule has 0 unspecified atom stereocenters. The van der Waals surface area contributed by atoms with Crippen molar-refractivity contribution in [3.63, 3.8) is 0 Å². The van der Waals surface area contributed by atoms with E-state index in [2.05, 4.69) is 22.4 Å². The molecule has 0 aliphatic heterocycles. The number of ether oxygens (including phenoxy) is 1. The molecular formula is C9H16N4O2. The van der Waals surface area contributed by atoms with E-state index in [-0.39, 0.29) is 5.82 Å². The molecule has 0 spiro atoms. The van der Waals surface area contributed by atoms with E-state index in [1.54, 1.807) is 6.92 Å². The van der Waals surface area contributed by atoms with Gasteiger partial charge >= 0.3 is 5.97 Å². The number of hydrogen-bond donors (Lipinski definition) is 0. The van der Waals surface area contributed by atoms with E-state index in [9.17, 15) is 4.79 Å². The van der Waals surface area contributed by atoms with Crippen molar-refractivity contribution in [1.82, 2.24) is 20.2 Å². The Morgan fingerprint density at radius 3 is 2.87 bits per heavy atom. The second kappa shape index (κ2) is 6.10. The number of tetrazole rings is 1. The zero-order valence-electron chi connectivity index (χ0n) is 9.14. The summed E-state index contributed by atoms with van der Waals surface area (Å²) in [6.07, 6.45) is 3.19. The highest BCUT2D eigenvalue weighted by molar-refractivity contribution is 5.85. The van der Waals surface area contributed by atoms with Gasteiger partial charge in [-0.25, -0.2) is 9.48 Å². The van der Waals surface area contributed by atoms with E-state index in [4.69, 9.17) is 4.74 Å². The van der Waals surface area contributed by atoms with E-state index in [0.29, 0.717) is 13.2 Å². The lowest BCUT2D eigenvalue weighted by Gasteiger charge is -2.02. The van der Waals surface area contributed by atoms with E-state index < -0.39 is 5.97 Å². The van der Waals surface area contributed by atoms with Gasteiger partial charge in [-0.3, -0.25) is 0 Å². The molecule has 1 aromatic rings. The van der Waals surface area contributed by atoms with Crippen LogP contribution in [0, 0.1) is 0 Å². The maximum absolute atomic E-state index is 11.4. The van der Waals surface area contributed by atoms with Gasteiger partial charge < -0.3 is 4.74 Å². The third kappa shape index (κ3) is 3.30. The normalized spacial score (nSPS) is 10.3. The summed E-state index contributed by atoms with van der Waals surface area (Å²) in [4.78, 5) is 11.4. The highest BCUT2D eigenvalue weighted by Gasteiger charge is 2.15. The average Bonchev–Trinajstić information content (AvgIpc) is 2.67. The Labute approximate surface area is 88.6 Å². The van der Waals surface area contributed by atoms with Gasteiger partial charge in [0, 0.05) is 6.54 Å². The molecule has 0 saturated carbocycles. The van der Waals surface area contributed by atoms with Crippen molar-refractivity contribution >= 4 is 5.97 Å². The van der Waals surface area contributed by atoms with E-state index in [0.717, 1.165) is 19.3 Å². The minimum atomic E-state index is -0.459. The van der Waals surface area contributed by atoms with Crippen molar-refractivity contribution < 1.29 is 9.53 Å². The van der Waals surface area contributed by atoms with Gasteiger partial charge in [0.1, 0.15) is 0 Å². The van der Waals surface area contributed by atoms with Gasteiger partial charge in [0.05, 0.1) is 6.61 Å². The third-order valence-corrected chi connectivity index (χ3v) is 1.96. The molecule has 15 heavy (non-hydrogen) atoms. The number of hydrogen-bond acceptors (Lipinski definition) is 5. The first-order chi connectivity index (χ1) is 7.29. The van der Waals surface area contributed by atoms with Gasteiger partial charge in [-0.15, -0.1) is 5.10 Å². The smallest absolute Gasteiger partial charge is 0.378 e. The predicted molar refractivity (Wildman–Crippen MR) is 53.3 cm³/mol. The number of rotatable bonds is 6. The molecule has 0 aliphatic rings. The van der Waals surface area contributed by atoms with Crippen LogP contribution in [0.1, 0.15) is 43.7 Å². The monoisotopic (exact) mass is 212 g/mol. The van der Waals surface area contributed by atoms with Crippen LogP contribution in [0.4, 0.5) is 0 Å². The maximum Gasteiger partial charge on any atom is 0.378 e.